The Labute approximate surface area is 173 Å². The van der Waals surface area contributed by atoms with Crippen molar-refractivity contribution in [1.29, 1.82) is 0 Å². The zero-order valence-electron chi connectivity index (χ0n) is 17.5. The number of nitrogens with one attached hydrogen (secondary N) is 2. The van der Waals surface area contributed by atoms with E-state index in [2.05, 4.69) is 29.4 Å². The highest BCUT2D eigenvalue weighted by atomic mass is 16.5. The van der Waals surface area contributed by atoms with Gasteiger partial charge in [-0.1, -0.05) is 42.5 Å². The van der Waals surface area contributed by atoms with Crippen LogP contribution >= 0.6 is 0 Å². The fraction of sp³-hybridized carbons (Fsp3) is 0.435. The molecular formula is C23H31N3O3. The van der Waals surface area contributed by atoms with E-state index in [-0.39, 0.29) is 17.6 Å². The number of urea groups is 1. The highest BCUT2D eigenvalue weighted by molar-refractivity contribution is 5.75. The van der Waals surface area contributed by atoms with Gasteiger partial charge in [0.05, 0.1) is 26.4 Å². The summed E-state index contributed by atoms with van der Waals surface area (Å²) in [7, 11) is 1.64. The molecule has 0 unspecified atom stereocenters. The van der Waals surface area contributed by atoms with Gasteiger partial charge in [0.2, 0.25) is 0 Å². The zero-order valence-corrected chi connectivity index (χ0v) is 17.5. The molecule has 0 saturated carbocycles. The van der Waals surface area contributed by atoms with E-state index in [0.29, 0.717) is 6.54 Å². The second kappa shape index (κ2) is 9.76. The molecule has 2 amide bonds. The average Bonchev–Trinajstić information content (AvgIpc) is 2.77. The smallest absolute Gasteiger partial charge is 0.315 e. The summed E-state index contributed by atoms with van der Waals surface area (Å²) in [5.41, 5.74) is 1.89. The predicted molar refractivity (Wildman–Crippen MR) is 114 cm³/mol. The number of morpholine rings is 1. The van der Waals surface area contributed by atoms with E-state index < -0.39 is 0 Å². The molecule has 1 aliphatic rings. The van der Waals surface area contributed by atoms with Crippen molar-refractivity contribution in [2.24, 2.45) is 0 Å². The third-order valence-electron chi connectivity index (χ3n) is 5.41. The maximum Gasteiger partial charge on any atom is 0.315 e. The molecule has 0 bridgehead atoms. The minimum Gasteiger partial charge on any atom is -0.497 e. The van der Waals surface area contributed by atoms with E-state index in [1.165, 1.54) is 0 Å². The first-order chi connectivity index (χ1) is 14.0. The third kappa shape index (κ3) is 5.71. The molecule has 3 rings (SSSR count). The average molecular weight is 398 g/mol. The van der Waals surface area contributed by atoms with Gasteiger partial charge in [-0.05, 0) is 37.1 Å². The first-order valence-corrected chi connectivity index (χ1v) is 10.1. The molecule has 2 aromatic rings. The highest BCUT2D eigenvalue weighted by Crippen LogP contribution is 2.24. The van der Waals surface area contributed by atoms with Gasteiger partial charge in [-0.25, -0.2) is 4.79 Å². The van der Waals surface area contributed by atoms with Gasteiger partial charge in [0.25, 0.3) is 0 Å². The van der Waals surface area contributed by atoms with E-state index in [0.717, 1.165) is 43.2 Å². The van der Waals surface area contributed by atoms with Crippen LogP contribution in [0.2, 0.25) is 0 Å². The number of methoxy groups -OCH3 is 1. The van der Waals surface area contributed by atoms with Crippen molar-refractivity contribution in [3.05, 3.63) is 65.7 Å². The summed E-state index contributed by atoms with van der Waals surface area (Å²) >= 11 is 0. The number of hydrogen-bond donors (Lipinski definition) is 2. The van der Waals surface area contributed by atoms with Crippen LogP contribution < -0.4 is 15.4 Å². The van der Waals surface area contributed by atoms with Crippen LogP contribution in [-0.4, -0.2) is 56.4 Å². The van der Waals surface area contributed by atoms with Crippen LogP contribution in [0.15, 0.2) is 54.6 Å². The van der Waals surface area contributed by atoms with E-state index in [1.807, 2.05) is 54.6 Å². The highest BCUT2D eigenvalue weighted by Gasteiger charge is 2.29. The predicted octanol–water partition coefficient (Wildman–Crippen LogP) is 3.19. The molecule has 2 N–H and O–H groups in total. The molecular weight excluding hydrogens is 366 g/mol. The molecule has 0 aliphatic carbocycles. The molecule has 1 atom stereocenters. The summed E-state index contributed by atoms with van der Waals surface area (Å²) in [6.45, 7) is 8.10. The second-order valence-electron chi connectivity index (χ2n) is 7.86. The number of benzene rings is 2. The lowest BCUT2D eigenvalue weighted by atomic mass is 9.98. The summed E-state index contributed by atoms with van der Waals surface area (Å²) in [5.74, 6) is 0.789. The second-order valence-corrected chi connectivity index (χ2v) is 7.86. The van der Waals surface area contributed by atoms with Gasteiger partial charge in [0.15, 0.2) is 0 Å². The van der Waals surface area contributed by atoms with Gasteiger partial charge in [-0.15, -0.1) is 0 Å². The van der Waals surface area contributed by atoms with Crippen molar-refractivity contribution in [3.8, 4) is 5.75 Å². The normalized spacial score (nSPS) is 16.1. The first-order valence-electron chi connectivity index (χ1n) is 10.1. The quantitative estimate of drug-likeness (QED) is 0.753. The summed E-state index contributed by atoms with van der Waals surface area (Å²) in [6.07, 6.45) is 0. The number of rotatable bonds is 7. The molecule has 2 aromatic carbocycles. The molecule has 29 heavy (non-hydrogen) atoms. The summed E-state index contributed by atoms with van der Waals surface area (Å²) in [4.78, 5) is 15.1. The van der Waals surface area contributed by atoms with Crippen LogP contribution in [0.4, 0.5) is 4.79 Å². The number of carbonyl (C=O) groups is 1. The minimum atomic E-state index is -0.242. The molecule has 156 valence electrons. The molecule has 0 spiro atoms. The van der Waals surface area contributed by atoms with E-state index in [1.54, 1.807) is 7.11 Å². The fourth-order valence-corrected chi connectivity index (χ4v) is 3.56. The van der Waals surface area contributed by atoms with Crippen molar-refractivity contribution in [2.75, 3.05) is 40.0 Å². The topological polar surface area (TPSA) is 62.8 Å². The number of nitrogens with zero attached hydrogens (tertiary/aromatic N) is 1. The molecule has 1 saturated heterocycles. The Bertz CT molecular complexity index is 772. The Morgan fingerprint density at radius 1 is 1.07 bits per heavy atom. The van der Waals surface area contributed by atoms with Crippen LogP contribution in [0, 0.1) is 0 Å². The van der Waals surface area contributed by atoms with E-state index in [4.69, 9.17) is 9.47 Å². The number of carbonyl (C=O) groups excluding carboxylic acids is 1. The monoisotopic (exact) mass is 397 g/mol. The Morgan fingerprint density at radius 2 is 1.69 bits per heavy atom. The van der Waals surface area contributed by atoms with Crippen LogP contribution in [0.25, 0.3) is 0 Å². The Kier molecular flexibility index (Phi) is 7.12. The first kappa shape index (κ1) is 21.1. The SMILES string of the molecule is COc1ccc([C@@H](NC(=O)NCC(C)(C)N2CCOCC2)c2ccccc2)cc1. The number of hydrogen-bond acceptors (Lipinski definition) is 4. The van der Waals surface area contributed by atoms with Crippen LogP contribution in [0.1, 0.15) is 31.0 Å². The van der Waals surface area contributed by atoms with Gasteiger partial charge in [0.1, 0.15) is 5.75 Å². The molecule has 0 radical (unpaired) electrons. The van der Waals surface area contributed by atoms with Gasteiger partial charge >= 0.3 is 6.03 Å². The lowest BCUT2D eigenvalue weighted by Crippen LogP contribution is -2.56. The molecule has 0 aromatic heterocycles. The molecule has 1 heterocycles. The van der Waals surface area contributed by atoms with E-state index in [9.17, 15) is 4.79 Å². The lowest BCUT2D eigenvalue weighted by molar-refractivity contribution is -0.00875. The van der Waals surface area contributed by atoms with Gasteiger partial charge in [-0.2, -0.15) is 0 Å². The molecule has 1 aliphatic heterocycles. The maximum absolute atomic E-state index is 12.8. The van der Waals surface area contributed by atoms with Crippen molar-refractivity contribution >= 4 is 6.03 Å². The minimum absolute atomic E-state index is 0.135. The number of amides is 2. The van der Waals surface area contributed by atoms with Gasteiger partial charge in [-0.3, -0.25) is 4.90 Å². The summed E-state index contributed by atoms with van der Waals surface area (Å²) in [6, 6.07) is 17.3. The molecule has 6 nitrogen and oxygen atoms in total. The van der Waals surface area contributed by atoms with Gasteiger partial charge in [0, 0.05) is 25.2 Å². The van der Waals surface area contributed by atoms with Crippen LogP contribution in [-0.2, 0) is 4.74 Å². The van der Waals surface area contributed by atoms with Crippen molar-refractivity contribution in [2.45, 2.75) is 25.4 Å². The van der Waals surface area contributed by atoms with Crippen molar-refractivity contribution in [1.82, 2.24) is 15.5 Å². The molecule has 1 fully saturated rings. The Hall–Kier alpha value is -2.57. The Balaban J connectivity index is 1.67. The standard InChI is InChI=1S/C23H31N3O3/c1-23(2,26-13-15-29-16-14-26)17-24-22(27)25-21(18-7-5-4-6-8-18)19-9-11-20(28-3)12-10-19/h4-12,21H,13-17H2,1-3H3,(H2,24,25,27)/t21-/m0/s1. The lowest BCUT2D eigenvalue weighted by Gasteiger charge is -2.40. The van der Waals surface area contributed by atoms with Crippen molar-refractivity contribution in [3.63, 3.8) is 0 Å². The fourth-order valence-electron chi connectivity index (χ4n) is 3.56. The van der Waals surface area contributed by atoms with Gasteiger partial charge < -0.3 is 20.1 Å². The third-order valence-corrected chi connectivity index (χ3v) is 5.41. The van der Waals surface area contributed by atoms with Crippen LogP contribution in [0.5, 0.6) is 5.75 Å². The molecule has 6 heteroatoms. The number of ether oxygens (including phenoxy) is 2. The Morgan fingerprint density at radius 3 is 2.31 bits per heavy atom. The zero-order chi connectivity index (χ0) is 20.7. The summed E-state index contributed by atoms with van der Waals surface area (Å²) < 4.78 is 10.7. The largest absolute Gasteiger partial charge is 0.497 e. The summed E-state index contributed by atoms with van der Waals surface area (Å²) in [5, 5.41) is 6.18. The van der Waals surface area contributed by atoms with Crippen molar-refractivity contribution < 1.29 is 14.3 Å². The van der Waals surface area contributed by atoms with E-state index >= 15 is 0 Å². The maximum atomic E-state index is 12.8. The van der Waals surface area contributed by atoms with Crippen LogP contribution in [0.3, 0.4) is 0 Å².